The van der Waals surface area contributed by atoms with E-state index in [1.165, 1.54) is 0 Å². The van der Waals surface area contributed by atoms with Gasteiger partial charge in [0.05, 0.1) is 12.6 Å². The average Bonchev–Trinajstić information content (AvgIpc) is 2.88. The number of para-hydroxylation sites is 1. The van der Waals surface area contributed by atoms with Gasteiger partial charge in [-0.1, -0.05) is 113 Å². The van der Waals surface area contributed by atoms with Crippen molar-refractivity contribution in [2.45, 2.75) is 65.5 Å². The van der Waals surface area contributed by atoms with E-state index in [0.717, 1.165) is 40.9 Å². The van der Waals surface area contributed by atoms with E-state index < -0.39 is 0 Å². The van der Waals surface area contributed by atoms with E-state index in [1.54, 1.807) is 0 Å². The quantitative estimate of drug-likeness (QED) is 0.258. The second-order valence-corrected chi connectivity index (χ2v) is 9.78. The van der Waals surface area contributed by atoms with Gasteiger partial charge in [0.2, 0.25) is 0 Å². The molecule has 0 aliphatic carbocycles. The van der Waals surface area contributed by atoms with E-state index in [1.807, 2.05) is 41.5 Å². The second kappa shape index (κ2) is 13.8. The number of hydroxylamine groups is 2. The summed E-state index contributed by atoms with van der Waals surface area (Å²) in [5.74, 6) is 0.616. The molecule has 5 heteroatoms. The molecule has 0 fully saturated rings. The number of benzene rings is 3. The number of nitrogens with zero attached hydrogens (tertiary/aromatic N) is 1. The van der Waals surface area contributed by atoms with Crippen molar-refractivity contribution < 1.29 is 9.63 Å². The highest BCUT2D eigenvalue weighted by atomic mass is 16.7. The Morgan fingerprint density at radius 2 is 1.42 bits per heavy atom. The van der Waals surface area contributed by atoms with Gasteiger partial charge >= 0.3 is 6.03 Å². The van der Waals surface area contributed by atoms with Gasteiger partial charge in [-0.05, 0) is 40.5 Å². The lowest BCUT2D eigenvalue weighted by molar-refractivity contribution is -0.197. The first-order chi connectivity index (χ1) is 17.4. The van der Waals surface area contributed by atoms with Crippen LogP contribution in [0.3, 0.4) is 0 Å². The zero-order valence-corrected chi connectivity index (χ0v) is 22.3. The van der Waals surface area contributed by atoms with Crippen LogP contribution in [0.4, 0.5) is 10.5 Å². The van der Waals surface area contributed by atoms with E-state index in [9.17, 15) is 4.79 Å². The van der Waals surface area contributed by atoms with Crippen molar-refractivity contribution in [3.63, 3.8) is 0 Å². The third-order valence-corrected chi connectivity index (χ3v) is 6.28. The molecule has 36 heavy (non-hydrogen) atoms. The molecular weight excluding hydrogens is 446 g/mol. The third kappa shape index (κ3) is 7.67. The normalized spacial score (nSPS) is 12.2. The van der Waals surface area contributed by atoms with Crippen molar-refractivity contribution in [2.24, 2.45) is 0 Å². The highest BCUT2D eigenvalue weighted by Gasteiger charge is 2.23. The summed E-state index contributed by atoms with van der Waals surface area (Å²) in [6.45, 7) is 12.4. The lowest BCUT2D eigenvalue weighted by Crippen LogP contribution is -2.40. The van der Waals surface area contributed by atoms with Crippen LogP contribution in [-0.2, 0) is 11.4 Å². The summed E-state index contributed by atoms with van der Waals surface area (Å²) >= 11 is 0. The van der Waals surface area contributed by atoms with Crippen LogP contribution in [-0.4, -0.2) is 24.2 Å². The van der Waals surface area contributed by atoms with Gasteiger partial charge in [0, 0.05) is 18.8 Å². The number of carbonyl (C=O) groups excluding carboxylic acids is 1. The van der Waals surface area contributed by atoms with Gasteiger partial charge in [0.15, 0.2) is 0 Å². The van der Waals surface area contributed by atoms with Crippen LogP contribution in [0, 0.1) is 0 Å². The molecule has 2 N–H and O–H groups in total. The molecule has 0 aromatic heterocycles. The average molecular weight is 488 g/mol. The maximum atomic E-state index is 13.2. The van der Waals surface area contributed by atoms with Crippen molar-refractivity contribution in [3.8, 4) is 0 Å². The Hall–Kier alpha value is -3.15. The van der Waals surface area contributed by atoms with Crippen LogP contribution in [0.5, 0.6) is 0 Å². The first kappa shape index (κ1) is 27.4. The van der Waals surface area contributed by atoms with E-state index >= 15 is 0 Å². The SMILES string of the molecule is CCCN(OCc1ccccc1)C(CNC(=O)Nc1c(C(C)C)cccc1C(C)C)c1ccccc1. The largest absolute Gasteiger partial charge is 0.336 e. The summed E-state index contributed by atoms with van der Waals surface area (Å²) in [4.78, 5) is 19.5. The zero-order chi connectivity index (χ0) is 25.9. The molecule has 0 radical (unpaired) electrons. The molecule has 0 heterocycles. The number of hydrogen-bond donors (Lipinski definition) is 2. The Bertz CT molecular complexity index is 1040. The fraction of sp³-hybridized carbons (Fsp3) is 0.387. The van der Waals surface area contributed by atoms with Crippen molar-refractivity contribution in [1.29, 1.82) is 0 Å². The van der Waals surface area contributed by atoms with Gasteiger partial charge in [-0.25, -0.2) is 4.79 Å². The van der Waals surface area contributed by atoms with E-state index in [4.69, 9.17) is 4.84 Å². The molecule has 0 saturated heterocycles. The van der Waals surface area contributed by atoms with Crippen molar-refractivity contribution in [2.75, 3.05) is 18.4 Å². The molecule has 5 nitrogen and oxygen atoms in total. The number of carbonyl (C=O) groups is 1. The predicted molar refractivity (Wildman–Crippen MR) is 149 cm³/mol. The Balaban J connectivity index is 1.77. The first-order valence-electron chi connectivity index (χ1n) is 13.1. The summed E-state index contributed by atoms with van der Waals surface area (Å²) in [6, 6.07) is 26.3. The van der Waals surface area contributed by atoms with Gasteiger partial charge in [-0.2, -0.15) is 5.06 Å². The number of nitrogens with one attached hydrogen (secondary N) is 2. The number of hydrogen-bond acceptors (Lipinski definition) is 3. The Morgan fingerprint density at radius 1 is 0.833 bits per heavy atom. The molecule has 1 unspecified atom stereocenters. The van der Waals surface area contributed by atoms with Crippen LogP contribution < -0.4 is 10.6 Å². The van der Waals surface area contributed by atoms with Crippen molar-refractivity contribution >= 4 is 11.7 Å². The fourth-order valence-electron chi connectivity index (χ4n) is 4.37. The van der Waals surface area contributed by atoms with Gasteiger partial charge in [-0.15, -0.1) is 0 Å². The molecule has 0 saturated carbocycles. The monoisotopic (exact) mass is 487 g/mol. The summed E-state index contributed by atoms with van der Waals surface area (Å²) in [5, 5.41) is 8.30. The molecule has 0 bridgehead atoms. The molecule has 192 valence electrons. The number of amides is 2. The standard InChI is InChI=1S/C31H41N3O2/c1-6-20-34(36-22-25-14-9-7-10-15-25)29(26-16-11-8-12-17-26)21-32-31(35)33-30-27(23(2)3)18-13-19-28(30)24(4)5/h7-19,23-24,29H,6,20-22H2,1-5H3,(H2,32,33,35). The molecule has 2 amide bonds. The Labute approximate surface area is 216 Å². The van der Waals surface area contributed by atoms with Gasteiger partial charge in [0.1, 0.15) is 0 Å². The molecule has 3 aromatic carbocycles. The minimum Gasteiger partial charge on any atom is -0.336 e. The van der Waals surface area contributed by atoms with E-state index in [2.05, 4.69) is 87.7 Å². The molecule has 0 spiro atoms. The van der Waals surface area contributed by atoms with Gasteiger partial charge in [0.25, 0.3) is 0 Å². The topological polar surface area (TPSA) is 53.6 Å². The maximum absolute atomic E-state index is 13.2. The van der Waals surface area contributed by atoms with E-state index in [-0.39, 0.29) is 12.1 Å². The highest BCUT2D eigenvalue weighted by Crippen LogP contribution is 2.32. The lowest BCUT2D eigenvalue weighted by Gasteiger charge is -2.31. The van der Waals surface area contributed by atoms with Crippen LogP contribution in [0.15, 0.2) is 78.9 Å². The Morgan fingerprint density at radius 3 is 1.97 bits per heavy atom. The predicted octanol–water partition coefficient (Wildman–Crippen LogP) is 7.64. The molecular formula is C31H41N3O2. The van der Waals surface area contributed by atoms with Crippen molar-refractivity contribution in [1.82, 2.24) is 10.4 Å². The van der Waals surface area contributed by atoms with Crippen LogP contribution in [0.2, 0.25) is 0 Å². The summed E-state index contributed by atoms with van der Waals surface area (Å²) < 4.78 is 0. The number of rotatable bonds is 12. The lowest BCUT2D eigenvalue weighted by atomic mass is 9.93. The van der Waals surface area contributed by atoms with Crippen LogP contribution in [0.25, 0.3) is 0 Å². The zero-order valence-electron chi connectivity index (χ0n) is 22.3. The number of anilines is 1. The summed E-state index contributed by atoms with van der Waals surface area (Å²) in [7, 11) is 0. The molecule has 0 aliphatic heterocycles. The highest BCUT2D eigenvalue weighted by molar-refractivity contribution is 5.91. The summed E-state index contributed by atoms with van der Waals surface area (Å²) in [5.41, 5.74) is 5.43. The molecule has 1 atom stereocenters. The smallest absolute Gasteiger partial charge is 0.319 e. The van der Waals surface area contributed by atoms with Crippen molar-refractivity contribution in [3.05, 3.63) is 101 Å². The van der Waals surface area contributed by atoms with Crippen LogP contribution in [0.1, 0.15) is 81.2 Å². The molecule has 3 rings (SSSR count). The third-order valence-electron chi connectivity index (χ3n) is 6.28. The molecule has 3 aromatic rings. The number of urea groups is 1. The van der Waals surface area contributed by atoms with Gasteiger partial charge < -0.3 is 10.6 Å². The minimum absolute atomic E-state index is 0.120. The molecule has 0 aliphatic rings. The minimum atomic E-state index is -0.203. The maximum Gasteiger partial charge on any atom is 0.319 e. The second-order valence-electron chi connectivity index (χ2n) is 9.78. The van der Waals surface area contributed by atoms with Crippen LogP contribution >= 0.6 is 0 Å². The first-order valence-corrected chi connectivity index (χ1v) is 13.1. The summed E-state index contributed by atoms with van der Waals surface area (Å²) in [6.07, 6.45) is 0.934. The van der Waals surface area contributed by atoms with E-state index in [0.29, 0.717) is 25.0 Å². The Kier molecular flexibility index (Phi) is 10.5. The fourth-order valence-corrected chi connectivity index (χ4v) is 4.37. The van der Waals surface area contributed by atoms with Gasteiger partial charge in [-0.3, -0.25) is 4.84 Å².